The van der Waals surface area contributed by atoms with E-state index < -0.39 is 33.9 Å². The second kappa shape index (κ2) is 9.87. The summed E-state index contributed by atoms with van der Waals surface area (Å²) in [5.74, 6) is -0.845. The molecule has 0 aliphatic rings. The molecule has 0 spiro atoms. The van der Waals surface area contributed by atoms with Crippen LogP contribution in [-0.2, 0) is 6.18 Å². The summed E-state index contributed by atoms with van der Waals surface area (Å²) in [7, 11) is 1.29. The van der Waals surface area contributed by atoms with E-state index in [1.54, 1.807) is 30.3 Å². The first-order valence-corrected chi connectivity index (χ1v) is 9.57. The molecule has 0 aliphatic heterocycles. The highest BCUT2D eigenvalue weighted by Gasteiger charge is 2.33. The molecule has 0 radical (unpaired) electrons. The Morgan fingerprint density at radius 3 is 2.29 bits per heavy atom. The van der Waals surface area contributed by atoms with Gasteiger partial charge in [0.05, 0.1) is 17.6 Å². The van der Waals surface area contributed by atoms with Crippen molar-refractivity contribution in [3.8, 4) is 23.3 Å². The highest BCUT2D eigenvalue weighted by Crippen LogP contribution is 2.40. The van der Waals surface area contributed by atoms with Crippen LogP contribution in [0, 0.1) is 21.4 Å². The lowest BCUT2D eigenvalue weighted by Crippen LogP contribution is -2.06. The number of rotatable bonds is 7. The highest BCUT2D eigenvalue weighted by molar-refractivity contribution is 6.14. The molecule has 0 fully saturated rings. The molecular weight excluding hydrogens is 453 g/mol. The largest absolute Gasteiger partial charge is 0.493 e. The number of carbonyl (C=O) groups excluding carboxylic acids is 1. The van der Waals surface area contributed by atoms with Gasteiger partial charge >= 0.3 is 11.9 Å². The van der Waals surface area contributed by atoms with Gasteiger partial charge in [0.2, 0.25) is 11.5 Å². The van der Waals surface area contributed by atoms with Crippen molar-refractivity contribution in [1.29, 1.82) is 5.26 Å². The van der Waals surface area contributed by atoms with Crippen LogP contribution in [0.3, 0.4) is 0 Å². The molecule has 0 atom stereocenters. The van der Waals surface area contributed by atoms with E-state index in [9.17, 15) is 33.3 Å². The lowest BCUT2D eigenvalue weighted by atomic mass is 10.0. The quantitative estimate of drug-likeness (QED) is 0.134. The summed E-state index contributed by atoms with van der Waals surface area (Å²) in [6.07, 6.45) is -3.42. The van der Waals surface area contributed by atoms with Gasteiger partial charge in [0, 0.05) is 11.6 Å². The number of methoxy groups -OCH3 is 1. The number of hydrogen-bond acceptors (Lipinski definition) is 6. The Morgan fingerprint density at radius 2 is 1.71 bits per heavy atom. The van der Waals surface area contributed by atoms with Crippen LogP contribution in [0.1, 0.15) is 21.5 Å². The fourth-order valence-corrected chi connectivity index (χ4v) is 2.96. The van der Waals surface area contributed by atoms with E-state index in [-0.39, 0.29) is 17.1 Å². The minimum atomic E-state index is -4.76. The lowest BCUT2D eigenvalue weighted by Gasteiger charge is -2.13. The minimum Gasteiger partial charge on any atom is -0.493 e. The van der Waals surface area contributed by atoms with Gasteiger partial charge in [0.25, 0.3) is 0 Å². The summed E-state index contributed by atoms with van der Waals surface area (Å²) >= 11 is 0. The van der Waals surface area contributed by atoms with E-state index in [0.29, 0.717) is 23.3 Å². The number of nitro groups is 1. The summed E-state index contributed by atoms with van der Waals surface area (Å²) in [4.78, 5) is 22.9. The first kappa shape index (κ1) is 24.0. The molecule has 3 aromatic rings. The van der Waals surface area contributed by atoms with Crippen molar-refractivity contribution in [3.63, 3.8) is 0 Å². The van der Waals surface area contributed by atoms with Gasteiger partial charge in [-0.3, -0.25) is 14.9 Å². The topological polar surface area (TPSA) is 102 Å². The summed E-state index contributed by atoms with van der Waals surface area (Å²) in [6, 6.07) is 16.2. The van der Waals surface area contributed by atoms with Crippen LogP contribution >= 0.6 is 0 Å². The zero-order valence-corrected chi connectivity index (χ0v) is 17.5. The third kappa shape index (κ3) is 5.39. The molecule has 3 aromatic carbocycles. The van der Waals surface area contributed by atoms with Gasteiger partial charge in [0.1, 0.15) is 11.6 Å². The molecule has 0 bridgehead atoms. The molecule has 34 heavy (non-hydrogen) atoms. The smallest absolute Gasteiger partial charge is 0.416 e. The van der Waals surface area contributed by atoms with Crippen LogP contribution in [-0.4, -0.2) is 17.8 Å². The standard InChI is InChI=1S/C24H15F3N2O5/c1-33-22-12-15(11-17(14-28)23(30)16-5-3-2-4-6-16)7-9-21(22)34-20-10-8-18(24(25,26)27)13-19(20)29(31)32/h2-13H,1H3. The zero-order valence-electron chi connectivity index (χ0n) is 17.5. The first-order valence-electron chi connectivity index (χ1n) is 9.57. The maximum Gasteiger partial charge on any atom is 0.416 e. The molecule has 172 valence electrons. The maximum atomic E-state index is 12.9. The van der Waals surface area contributed by atoms with E-state index >= 15 is 0 Å². The van der Waals surface area contributed by atoms with Crippen molar-refractivity contribution in [1.82, 2.24) is 0 Å². The van der Waals surface area contributed by atoms with Gasteiger partial charge in [-0.05, 0) is 35.9 Å². The number of halogens is 3. The molecule has 0 aliphatic carbocycles. The molecule has 0 unspecified atom stereocenters. The molecule has 0 saturated carbocycles. The predicted octanol–water partition coefficient (Wildman–Crippen LogP) is 6.20. The number of allylic oxidation sites excluding steroid dienone is 1. The third-order valence-electron chi connectivity index (χ3n) is 4.60. The van der Waals surface area contributed by atoms with Crippen molar-refractivity contribution in [2.45, 2.75) is 6.18 Å². The average Bonchev–Trinajstić information content (AvgIpc) is 2.82. The predicted molar refractivity (Wildman–Crippen MR) is 116 cm³/mol. The van der Waals surface area contributed by atoms with Gasteiger partial charge in [-0.1, -0.05) is 36.4 Å². The Balaban J connectivity index is 1.95. The Kier molecular flexibility index (Phi) is 6.97. The number of carbonyl (C=O) groups is 1. The SMILES string of the molecule is COc1cc(C=C(C#N)C(=O)c2ccccc2)ccc1Oc1ccc(C(F)(F)F)cc1[N+](=O)[O-]. The Labute approximate surface area is 191 Å². The minimum absolute atomic E-state index is 0.0181. The van der Waals surface area contributed by atoms with Crippen molar-refractivity contribution in [3.05, 3.63) is 99.1 Å². The van der Waals surface area contributed by atoms with Crippen LogP contribution in [0.2, 0.25) is 0 Å². The molecule has 3 rings (SSSR count). The summed E-state index contributed by atoms with van der Waals surface area (Å²) in [5.41, 5.74) is -1.48. The van der Waals surface area contributed by atoms with Crippen LogP contribution in [0.25, 0.3) is 6.08 Å². The summed E-state index contributed by atoms with van der Waals surface area (Å²) in [5, 5.41) is 20.7. The monoisotopic (exact) mass is 468 g/mol. The van der Waals surface area contributed by atoms with Crippen molar-refractivity contribution in [2.24, 2.45) is 0 Å². The van der Waals surface area contributed by atoms with E-state index in [4.69, 9.17) is 9.47 Å². The van der Waals surface area contributed by atoms with Crippen molar-refractivity contribution < 1.29 is 32.4 Å². The Bertz CT molecular complexity index is 1310. The van der Waals surface area contributed by atoms with Gasteiger partial charge in [0.15, 0.2) is 11.5 Å². The van der Waals surface area contributed by atoms with Gasteiger partial charge in [-0.25, -0.2) is 0 Å². The normalized spacial score (nSPS) is 11.4. The van der Waals surface area contributed by atoms with Gasteiger partial charge < -0.3 is 9.47 Å². The van der Waals surface area contributed by atoms with Gasteiger partial charge in [-0.2, -0.15) is 18.4 Å². The summed E-state index contributed by atoms with van der Waals surface area (Å²) < 4.78 is 49.4. The number of hydrogen-bond donors (Lipinski definition) is 0. The third-order valence-corrected chi connectivity index (χ3v) is 4.60. The molecule has 0 heterocycles. The molecule has 0 N–H and O–H groups in total. The maximum absolute atomic E-state index is 12.9. The van der Waals surface area contributed by atoms with Crippen LogP contribution < -0.4 is 9.47 Å². The Hall–Kier alpha value is -4.65. The molecule has 10 heteroatoms. The van der Waals surface area contributed by atoms with E-state index in [1.165, 1.54) is 31.4 Å². The first-order chi connectivity index (χ1) is 16.1. The number of benzene rings is 3. The zero-order chi connectivity index (χ0) is 24.9. The van der Waals surface area contributed by atoms with Crippen LogP contribution in [0.5, 0.6) is 17.2 Å². The van der Waals surface area contributed by atoms with E-state index in [1.807, 2.05) is 6.07 Å². The highest BCUT2D eigenvalue weighted by atomic mass is 19.4. The summed E-state index contributed by atoms with van der Waals surface area (Å²) in [6.45, 7) is 0. The van der Waals surface area contributed by atoms with Crippen molar-refractivity contribution >= 4 is 17.5 Å². The molecule has 0 saturated heterocycles. The molecular formula is C24H15F3N2O5. The second-order valence-electron chi connectivity index (χ2n) is 6.81. The Morgan fingerprint density at radius 1 is 1.03 bits per heavy atom. The van der Waals surface area contributed by atoms with Crippen LogP contribution in [0.15, 0.2) is 72.3 Å². The number of ketones is 1. The van der Waals surface area contributed by atoms with Crippen LogP contribution in [0.4, 0.5) is 18.9 Å². The van der Waals surface area contributed by atoms with Gasteiger partial charge in [-0.15, -0.1) is 0 Å². The van der Waals surface area contributed by atoms with E-state index in [0.717, 1.165) is 6.07 Å². The molecule has 7 nitrogen and oxygen atoms in total. The van der Waals surface area contributed by atoms with Crippen molar-refractivity contribution in [2.75, 3.05) is 7.11 Å². The second-order valence-corrected chi connectivity index (χ2v) is 6.81. The fraction of sp³-hybridized carbons (Fsp3) is 0.0833. The number of ether oxygens (including phenoxy) is 2. The number of alkyl halides is 3. The molecule has 0 amide bonds. The number of nitro benzene ring substituents is 1. The fourth-order valence-electron chi connectivity index (χ4n) is 2.96. The number of Topliss-reactive ketones (excluding diaryl/α,β-unsaturated/α-hetero) is 1. The number of nitrogens with zero attached hydrogens (tertiary/aromatic N) is 2. The molecule has 0 aromatic heterocycles. The average molecular weight is 468 g/mol. The lowest BCUT2D eigenvalue weighted by molar-refractivity contribution is -0.385. The van der Waals surface area contributed by atoms with E-state index in [2.05, 4.69) is 0 Å². The number of nitriles is 1.